The van der Waals surface area contributed by atoms with Crippen LogP contribution in [-0.4, -0.2) is 45.6 Å². The van der Waals surface area contributed by atoms with Gasteiger partial charge in [-0.1, -0.05) is 6.07 Å². The zero-order valence-electron chi connectivity index (χ0n) is 16.2. The molecule has 0 saturated carbocycles. The topological polar surface area (TPSA) is 83.9 Å². The van der Waals surface area contributed by atoms with E-state index in [-0.39, 0.29) is 5.92 Å². The van der Waals surface area contributed by atoms with Crippen LogP contribution in [0.1, 0.15) is 41.5 Å². The predicted molar refractivity (Wildman–Crippen MR) is 104 cm³/mol. The van der Waals surface area contributed by atoms with Crippen molar-refractivity contribution >= 4 is 21.1 Å². The molecule has 0 radical (unpaired) electrons. The van der Waals surface area contributed by atoms with Crippen LogP contribution in [-0.2, 0) is 17.1 Å². The molecule has 0 spiro atoms. The largest absolute Gasteiger partial charge is 0.342 e. The van der Waals surface area contributed by atoms with Gasteiger partial charge >= 0.3 is 0 Å². The number of aromatic nitrogens is 4. The van der Waals surface area contributed by atoms with Crippen LogP contribution in [0, 0.1) is 20.8 Å². The minimum absolute atomic E-state index is 0.0681. The lowest BCUT2D eigenvalue weighted by Crippen LogP contribution is -2.39. The smallest absolute Gasteiger partial charge is 0.246 e. The zero-order chi connectivity index (χ0) is 19.3. The van der Waals surface area contributed by atoms with E-state index < -0.39 is 10.0 Å². The molecule has 1 aliphatic rings. The van der Waals surface area contributed by atoms with Crippen LogP contribution in [0.5, 0.6) is 0 Å². The van der Waals surface area contributed by atoms with Gasteiger partial charge in [0, 0.05) is 26.1 Å². The Labute approximate surface area is 159 Å². The first-order valence-electron chi connectivity index (χ1n) is 9.24. The molecule has 1 unspecified atom stereocenters. The molecule has 144 valence electrons. The van der Waals surface area contributed by atoms with Crippen LogP contribution in [0.15, 0.2) is 23.1 Å². The van der Waals surface area contributed by atoms with Crippen LogP contribution >= 0.6 is 0 Å². The Morgan fingerprint density at radius 1 is 1.22 bits per heavy atom. The van der Waals surface area contributed by atoms with Crippen LogP contribution in [0.3, 0.4) is 0 Å². The Balaban J connectivity index is 1.65. The maximum atomic E-state index is 13.3. The average Bonchev–Trinajstić information content (AvgIpc) is 3.15. The Kier molecular flexibility index (Phi) is 4.35. The van der Waals surface area contributed by atoms with E-state index in [1.54, 1.807) is 29.9 Å². The summed E-state index contributed by atoms with van der Waals surface area (Å²) in [5.41, 5.74) is 4.33. The summed E-state index contributed by atoms with van der Waals surface area (Å²) < 4.78 is 29.8. The van der Waals surface area contributed by atoms with Gasteiger partial charge in [0.1, 0.15) is 10.7 Å². The normalized spacial score (nSPS) is 19.0. The summed E-state index contributed by atoms with van der Waals surface area (Å²) in [6.45, 7) is 6.58. The molecule has 2 aromatic heterocycles. The van der Waals surface area contributed by atoms with Gasteiger partial charge in [0.05, 0.1) is 22.4 Å². The van der Waals surface area contributed by atoms with Crippen molar-refractivity contribution in [3.05, 3.63) is 41.0 Å². The van der Waals surface area contributed by atoms with Gasteiger partial charge in [-0.2, -0.15) is 9.40 Å². The zero-order valence-corrected chi connectivity index (χ0v) is 17.0. The summed E-state index contributed by atoms with van der Waals surface area (Å²) in [7, 11) is -1.80. The summed E-state index contributed by atoms with van der Waals surface area (Å²) in [5.74, 6) is 0.939. The fourth-order valence-corrected chi connectivity index (χ4v) is 5.90. The van der Waals surface area contributed by atoms with E-state index in [9.17, 15) is 8.42 Å². The molecule has 1 N–H and O–H groups in total. The maximum absolute atomic E-state index is 13.3. The third kappa shape index (κ3) is 3.06. The van der Waals surface area contributed by atoms with Crippen molar-refractivity contribution in [2.45, 2.75) is 44.4 Å². The first kappa shape index (κ1) is 18.2. The fraction of sp³-hybridized carbons (Fsp3) is 0.474. The second-order valence-corrected chi connectivity index (χ2v) is 9.34. The van der Waals surface area contributed by atoms with Crippen LogP contribution in [0.4, 0.5) is 0 Å². The van der Waals surface area contributed by atoms with Crippen molar-refractivity contribution in [2.75, 3.05) is 13.1 Å². The minimum atomic E-state index is -3.57. The summed E-state index contributed by atoms with van der Waals surface area (Å²) in [4.78, 5) is 8.45. The van der Waals surface area contributed by atoms with Gasteiger partial charge in [-0.15, -0.1) is 0 Å². The van der Waals surface area contributed by atoms with Crippen molar-refractivity contribution in [1.82, 2.24) is 24.1 Å². The first-order chi connectivity index (χ1) is 12.8. The number of fused-ring (bicyclic) bond motifs is 1. The number of rotatable bonds is 3. The molecule has 3 heterocycles. The molecule has 3 aromatic rings. The second-order valence-electron chi connectivity index (χ2n) is 7.47. The number of hydrogen-bond acceptors (Lipinski definition) is 4. The van der Waals surface area contributed by atoms with Gasteiger partial charge in [-0.25, -0.2) is 13.4 Å². The molecule has 4 rings (SSSR count). The highest BCUT2D eigenvalue weighted by Gasteiger charge is 2.35. The maximum Gasteiger partial charge on any atom is 0.246 e. The van der Waals surface area contributed by atoms with Crippen LogP contribution in [0.25, 0.3) is 11.0 Å². The molecular weight excluding hydrogens is 362 g/mol. The standard InChI is InChI=1S/C19H25N5O2S/c1-12-7-8-16-17(10-12)21-19(20-16)15-6-5-9-24(11-15)27(25,26)18-13(2)22-23(4)14(18)3/h7-8,10,15H,5-6,9,11H2,1-4H3,(H,20,21). The Morgan fingerprint density at radius 2 is 2.00 bits per heavy atom. The average molecular weight is 388 g/mol. The molecule has 1 saturated heterocycles. The van der Waals surface area contributed by atoms with E-state index >= 15 is 0 Å². The Morgan fingerprint density at radius 3 is 2.70 bits per heavy atom. The number of aromatic amines is 1. The highest BCUT2D eigenvalue weighted by molar-refractivity contribution is 7.89. The Bertz CT molecular complexity index is 1110. The van der Waals surface area contributed by atoms with Gasteiger partial charge < -0.3 is 4.98 Å². The van der Waals surface area contributed by atoms with Crippen molar-refractivity contribution in [1.29, 1.82) is 0 Å². The van der Waals surface area contributed by atoms with Gasteiger partial charge in [-0.3, -0.25) is 4.68 Å². The Hall–Kier alpha value is -2.19. The van der Waals surface area contributed by atoms with Crippen molar-refractivity contribution < 1.29 is 8.42 Å². The molecule has 1 aliphatic heterocycles. The number of aryl methyl sites for hydroxylation is 3. The third-order valence-corrected chi connectivity index (χ3v) is 7.59. The first-order valence-corrected chi connectivity index (χ1v) is 10.7. The highest BCUT2D eigenvalue weighted by atomic mass is 32.2. The fourth-order valence-electron chi connectivity index (χ4n) is 3.98. The predicted octanol–water partition coefficient (Wildman–Crippen LogP) is 2.79. The number of imidazole rings is 1. The third-order valence-electron chi connectivity index (χ3n) is 5.47. The van der Waals surface area contributed by atoms with Crippen molar-refractivity contribution in [2.24, 2.45) is 7.05 Å². The number of sulfonamides is 1. The second kappa shape index (κ2) is 6.45. The van der Waals surface area contributed by atoms with E-state index in [2.05, 4.69) is 16.1 Å². The molecular formula is C19H25N5O2S. The molecule has 1 fully saturated rings. The molecule has 1 aromatic carbocycles. The molecule has 8 heteroatoms. The summed E-state index contributed by atoms with van der Waals surface area (Å²) in [6.07, 6.45) is 1.74. The van der Waals surface area contributed by atoms with E-state index in [0.717, 1.165) is 29.7 Å². The molecule has 0 bridgehead atoms. The molecule has 27 heavy (non-hydrogen) atoms. The number of hydrogen-bond donors (Lipinski definition) is 1. The number of nitrogens with one attached hydrogen (secondary N) is 1. The highest BCUT2D eigenvalue weighted by Crippen LogP contribution is 2.31. The van der Waals surface area contributed by atoms with Crippen molar-refractivity contribution in [3.8, 4) is 0 Å². The quantitative estimate of drug-likeness (QED) is 0.749. The number of piperidine rings is 1. The van der Waals surface area contributed by atoms with E-state index in [1.807, 2.05) is 19.1 Å². The lowest BCUT2D eigenvalue weighted by Gasteiger charge is -2.31. The van der Waals surface area contributed by atoms with E-state index in [1.165, 1.54) is 5.56 Å². The minimum Gasteiger partial charge on any atom is -0.342 e. The van der Waals surface area contributed by atoms with Gasteiger partial charge in [0.15, 0.2) is 0 Å². The van der Waals surface area contributed by atoms with Gasteiger partial charge in [0.2, 0.25) is 10.0 Å². The van der Waals surface area contributed by atoms with E-state index in [4.69, 9.17) is 4.98 Å². The SMILES string of the molecule is Cc1ccc2nc(C3CCCN(S(=O)(=O)c4c(C)nn(C)c4C)C3)[nH]c2c1. The van der Waals surface area contributed by atoms with Gasteiger partial charge in [-0.05, 0) is 51.3 Å². The molecule has 0 aliphatic carbocycles. The van der Waals surface area contributed by atoms with E-state index in [0.29, 0.717) is 29.4 Å². The molecule has 0 amide bonds. The lowest BCUT2D eigenvalue weighted by atomic mass is 9.99. The number of H-pyrrole nitrogens is 1. The molecule has 7 nitrogen and oxygen atoms in total. The van der Waals surface area contributed by atoms with Crippen LogP contribution in [0.2, 0.25) is 0 Å². The summed E-state index contributed by atoms with van der Waals surface area (Å²) in [6, 6.07) is 6.12. The lowest BCUT2D eigenvalue weighted by molar-refractivity contribution is 0.310. The summed E-state index contributed by atoms with van der Waals surface area (Å²) in [5, 5.41) is 4.28. The van der Waals surface area contributed by atoms with Gasteiger partial charge in [0.25, 0.3) is 0 Å². The monoisotopic (exact) mass is 387 g/mol. The number of nitrogens with zero attached hydrogens (tertiary/aromatic N) is 4. The summed E-state index contributed by atoms with van der Waals surface area (Å²) >= 11 is 0. The number of benzene rings is 1. The molecule has 1 atom stereocenters. The van der Waals surface area contributed by atoms with Crippen LogP contribution < -0.4 is 0 Å². The van der Waals surface area contributed by atoms with Crippen molar-refractivity contribution in [3.63, 3.8) is 0 Å².